The number of esters is 2. The van der Waals surface area contributed by atoms with Gasteiger partial charge in [-0.2, -0.15) is 0 Å². The van der Waals surface area contributed by atoms with Crippen LogP contribution < -0.4 is 15.9 Å². The van der Waals surface area contributed by atoms with Crippen LogP contribution in [0.3, 0.4) is 0 Å². The van der Waals surface area contributed by atoms with Gasteiger partial charge in [-0.05, 0) is 60.9 Å². The number of thioether (sulfide) groups is 1. The highest BCUT2D eigenvalue weighted by molar-refractivity contribution is 8.04. The highest BCUT2D eigenvalue weighted by atomic mass is 32.2. The molecule has 0 bridgehead atoms. The lowest BCUT2D eigenvalue weighted by molar-refractivity contribution is -0.142. The Balaban J connectivity index is 2.21. The number of hydrogen-bond acceptors (Lipinski definition) is 5. The van der Waals surface area contributed by atoms with E-state index in [9.17, 15) is 14.0 Å². The molecule has 0 aliphatic heterocycles. The third-order valence-electron chi connectivity index (χ3n) is 6.09. The van der Waals surface area contributed by atoms with Crippen LogP contribution >= 0.6 is 18.6 Å². The van der Waals surface area contributed by atoms with E-state index in [0.717, 1.165) is 15.9 Å². The van der Waals surface area contributed by atoms with Crippen molar-refractivity contribution in [3.8, 4) is 0 Å². The molecule has 0 saturated heterocycles. The third kappa shape index (κ3) is 6.19. The molecule has 4 nitrogen and oxygen atoms in total. The van der Waals surface area contributed by atoms with Gasteiger partial charge in [0.15, 0.2) is 0 Å². The van der Waals surface area contributed by atoms with E-state index in [2.05, 4.69) is 0 Å². The average Bonchev–Trinajstić information content (AvgIpc) is 2.97. The lowest BCUT2D eigenvalue weighted by Gasteiger charge is -2.34. The maximum absolute atomic E-state index is 14.2. The molecule has 7 heteroatoms. The molecule has 0 aromatic heterocycles. The molecule has 0 heterocycles. The van der Waals surface area contributed by atoms with Crippen molar-refractivity contribution >= 4 is 51.8 Å². The molecule has 4 rings (SSSR count). The van der Waals surface area contributed by atoms with Crippen molar-refractivity contribution in [1.82, 2.24) is 0 Å². The zero-order valence-corrected chi connectivity index (χ0v) is 23.5. The van der Waals surface area contributed by atoms with Crippen molar-refractivity contribution in [2.24, 2.45) is 0 Å². The Morgan fingerprint density at radius 2 is 1.13 bits per heavy atom. The van der Waals surface area contributed by atoms with E-state index in [0.29, 0.717) is 10.2 Å². The molecule has 0 aliphatic rings. The minimum atomic E-state index is -2.98. The van der Waals surface area contributed by atoms with Crippen LogP contribution in [0.4, 0.5) is 4.39 Å². The summed E-state index contributed by atoms with van der Waals surface area (Å²) in [6, 6.07) is 35.2. The smallest absolute Gasteiger partial charge is 0.336 e. The zero-order chi connectivity index (χ0) is 27.7. The first-order chi connectivity index (χ1) is 19.0. The first-order valence-electron chi connectivity index (χ1n) is 12.7. The Morgan fingerprint density at radius 1 is 0.692 bits per heavy atom. The van der Waals surface area contributed by atoms with Crippen molar-refractivity contribution in [3.63, 3.8) is 0 Å². The minimum Gasteiger partial charge on any atom is -0.465 e. The first kappa shape index (κ1) is 28.4. The van der Waals surface area contributed by atoms with Gasteiger partial charge in [0.2, 0.25) is 0 Å². The largest absolute Gasteiger partial charge is 0.465 e. The predicted octanol–water partition coefficient (Wildman–Crippen LogP) is 5.58. The fourth-order valence-corrected chi connectivity index (χ4v) is 10.5. The molecule has 0 N–H and O–H groups in total. The number of carbonyl (C=O) groups is 2. The molecule has 0 aliphatic carbocycles. The summed E-state index contributed by atoms with van der Waals surface area (Å²) in [5.41, 5.74) is 0. The van der Waals surface area contributed by atoms with Crippen LogP contribution in [0.5, 0.6) is 0 Å². The number of carbonyl (C=O) groups excluding carboxylic acids is 2. The molecule has 4 aromatic rings. The minimum absolute atomic E-state index is 0.136. The van der Waals surface area contributed by atoms with Gasteiger partial charge in [0, 0.05) is 4.90 Å². The van der Waals surface area contributed by atoms with Gasteiger partial charge in [0.1, 0.15) is 11.1 Å². The van der Waals surface area contributed by atoms with Crippen LogP contribution in [0.2, 0.25) is 0 Å². The van der Waals surface area contributed by atoms with Gasteiger partial charge in [0.05, 0.1) is 18.5 Å². The number of hydrogen-bond donors (Lipinski definition) is 0. The Morgan fingerprint density at radius 3 is 1.54 bits per heavy atom. The summed E-state index contributed by atoms with van der Waals surface area (Å²) in [5, 5.41) is 1.97. The van der Waals surface area contributed by atoms with Crippen LogP contribution in [-0.2, 0) is 19.1 Å². The fourth-order valence-electron chi connectivity index (χ4n) is 4.53. The molecule has 1 unspecified atom stereocenters. The molecule has 4 aromatic carbocycles. The highest BCUT2D eigenvalue weighted by Crippen LogP contribution is 2.49. The zero-order valence-electron chi connectivity index (χ0n) is 21.8. The van der Waals surface area contributed by atoms with E-state index in [1.54, 1.807) is 26.0 Å². The lowest BCUT2D eigenvalue weighted by Crippen LogP contribution is -2.42. The molecule has 0 fully saturated rings. The first-order valence-corrected chi connectivity index (χ1v) is 15.4. The van der Waals surface area contributed by atoms with Crippen LogP contribution in [0.15, 0.2) is 120 Å². The van der Waals surface area contributed by atoms with Crippen molar-refractivity contribution < 1.29 is 23.5 Å². The van der Waals surface area contributed by atoms with Gasteiger partial charge in [-0.1, -0.05) is 91.0 Å². The second-order valence-electron chi connectivity index (χ2n) is 8.49. The van der Waals surface area contributed by atoms with Crippen LogP contribution in [0.25, 0.3) is 0 Å². The maximum Gasteiger partial charge on any atom is 0.336 e. The predicted molar refractivity (Wildman–Crippen MR) is 159 cm³/mol. The van der Waals surface area contributed by atoms with E-state index in [1.807, 2.05) is 91.0 Å². The normalized spacial score (nSPS) is 11.9. The summed E-state index contributed by atoms with van der Waals surface area (Å²) in [5.74, 6) is -1.50. The van der Waals surface area contributed by atoms with E-state index < -0.39 is 24.1 Å². The topological polar surface area (TPSA) is 52.6 Å². The molecule has 1 atom stereocenters. The Bertz CT molecular complexity index is 1340. The van der Waals surface area contributed by atoms with Gasteiger partial charge in [-0.25, -0.2) is 9.18 Å². The SMILES string of the molecule is CCOC(=O)C(C(Sc1ccc(F)cc1)C(=O)OCC)=P(c1ccccc1)(c1ccccc1)c1ccccc1. The molecule has 0 spiro atoms. The fraction of sp³-hybridized carbons (Fsp3) is 0.156. The monoisotopic (exact) mass is 560 g/mol. The van der Waals surface area contributed by atoms with Crippen molar-refractivity contribution in [2.75, 3.05) is 13.2 Å². The van der Waals surface area contributed by atoms with E-state index in [4.69, 9.17) is 9.47 Å². The van der Waals surface area contributed by atoms with Crippen LogP contribution in [-0.4, -0.2) is 35.7 Å². The number of halogens is 1. The molecule has 200 valence electrons. The summed E-state index contributed by atoms with van der Waals surface area (Å²) >= 11 is 1.17. The van der Waals surface area contributed by atoms with Gasteiger partial charge < -0.3 is 9.47 Å². The average molecular weight is 561 g/mol. The summed E-state index contributed by atoms with van der Waals surface area (Å²) in [4.78, 5) is 28.6. The van der Waals surface area contributed by atoms with Gasteiger partial charge >= 0.3 is 11.9 Å². The van der Waals surface area contributed by atoms with E-state index in [1.165, 1.54) is 23.9 Å². The number of rotatable bonds is 10. The van der Waals surface area contributed by atoms with E-state index in [-0.39, 0.29) is 19.0 Å². The van der Waals surface area contributed by atoms with Crippen LogP contribution in [0.1, 0.15) is 13.8 Å². The molecule has 0 saturated carbocycles. The van der Waals surface area contributed by atoms with Gasteiger partial charge in [-0.3, -0.25) is 4.79 Å². The second kappa shape index (κ2) is 13.5. The standard InChI is InChI=1S/C32H30FO4PS/c1-3-36-31(34)29(30(32(35)37-4-2)39-28-22-20-24(33)21-23-28)38(25-14-8-5-9-15-25,26-16-10-6-11-17-26)27-18-12-7-13-19-27/h5-23,30H,3-4H2,1-2H3. The quantitative estimate of drug-likeness (QED) is 0.144. The Kier molecular flexibility index (Phi) is 9.80. The lowest BCUT2D eigenvalue weighted by atomic mass is 10.3. The third-order valence-corrected chi connectivity index (χ3v) is 11.9. The van der Waals surface area contributed by atoms with Gasteiger partial charge in [-0.15, -0.1) is 11.8 Å². The summed E-state index contributed by atoms with van der Waals surface area (Å²) < 4.78 is 25.0. The maximum atomic E-state index is 14.2. The Labute approximate surface area is 233 Å². The van der Waals surface area contributed by atoms with Crippen molar-refractivity contribution in [1.29, 1.82) is 0 Å². The molecule has 0 radical (unpaired) electrons. The summed E-state index contributed by atoms with van der Waals surface area (Å²) in [7, 11) is 0. The summed E-state index contributed by atoms with van der Waals surface area (Å²) in [6.07, 6.45) is 0. The molecule has 0 amide bonds. The molecular formula is C32H30FO4PS. The number of ether oxygens (including phenoxy) is 2. The van der Waals surface area contributed by atoms with Gasteiger partial charge in [0.25, 0.3) is 0 Å². The molecule has 39 heavy (non-hydrogen) atoms. The van der Waals surface area contributed by atoms with Crippen LogP contribution in [0, 0.1) is 5.82 Å². The van der Waals surface area contributed by atoms with Crippen molar-refractivity contribution in [2.45, 2.75) is 24.0 Å². The summed E-state index contributed by atoms with van der Waals surface area (Å²) in [6.45, 7) is 0.772. The molecular weight excluding hydrogens is 530 g/mol. The van der Waals surface area contributed by atoms with Crippen molar-refractivity contribution in [3.05, 3.63) is 121 Å². The Hall–Kier alpha value is -3.60. The number of benzene rings is 4. The second-order valence-corrected chi connectivity index (χ2v) is 13.0. The van der Waals surface area contributed by atoms with E-state index >= 15 is 0 Å². The highest BCUT2D eigenvalue weighted by Gasteiger charge is 2.42.